The van der Waals surface area contributed by atoms with Crippen LogP contribution in [0.3, 0.4) is 0 Å². The van der Waals surface area contributed by atoms with Crippen LogP contribution in [0.1, 0.15) is 43.5 Å². The number of nitrogens with one attached hydrogen (secondary N) is 1. The van der Waals surface area contributed by atoms with Gasteiger partial charge >= 0.3 is 17.7 Å². The fraction of sp³-hybridized carbons (Fsp3) is 0.292. The lowest BCUT2D eigenvalue weighted by atomic mass is 10.1. The summed E-state index contributed by atoms with van der Waals surface area (Å²) in [4.78, 5) is 37.3. The Morgan fingerprint density at radius 1 is 1.03 bits per heavy atom. The fourth-order valence-electron chi connectivity index (χ4n) is 3.17. The molecule has 1 N–H and O–H groups in total. The minimum Gasteiger partial charge on any atom is -0.444 e. The van der Waals surface area contributed by atoms with Gasteiger partial charge in [0.05, 0.1) is 5.39 Å². The van der Waals surface area contributed by atoms with E-state index in [2.05, 4.69) is 5.32 Å². The predicted molar refractivity (Wildman–Crippen MR) is 116 cm³/mol. The molecule has 0 saturated heterocycles. The number of amides is 1. The van der Waals surface area contributed by atoms with Crippen LogP contribution in [0.25, 0.3) is 11.0 Å². The van der Waals surface area contributed by atoms with Crippen molar-refractivity contribution in [2.75, 3.05) is 0 Å². The van der Waals surface area contributed by atoms with Crippen molar-refractivity contribution in [1.29, 1.82) is 0 Å². The standard InChI is InChI=1S/C24H25NO6/c1-14-11-17-20(15(2)13-19(26)29-17)18(12-14)30-22(27)21(16-9-7-6-8-10-16)25-23(28)31-24(3,4)5/h6-13,21H,1-5H3,(H,25,28). The minimum atomic E-state index is -1.09. The smallest absolute Gasteiger partial charge is 0.408 e. The molecule has 1 heterocycles. The summed E-state index contributed by atoms with van der Waals surface area (Å²) >= 11 is 0. The molecule has 0 aliphatic carbocycles. The summed E-state index contributed by atoms with van der Waals surface area (Å²) in [6, 6.07) is 12.4. The van der Waals surface area contributed by atoms with Crippen molar-refractivity contribution in [2.24, 2.45) is 0 Å². The third kappa shape index (κ3) is 5.51. The molecule has 162 valence electrons. The molecule has 7 heteroatoms. The number of hydrogen-bond donors (Lipinski definition) is 1. The van der Waals surface area contributed by atoms with E-state index in [1.807, 2.05) is 0 Å². The number of aryl methyl sites for hydroxylation is 2. The third-order valence-corrected chi connectivity index (χ3v) is 4.39. The van der Waals surface area contributed by atoms with E-state index in [-0.39, 0.29) is 5.75 Å². The van der Waals surface area contributed by atoms with Crippen molar-refractivity contribution in [3.8, 4) is 5.75 Å². The molecule has 0 saturated carbocycles. The first-order valence-corrected chi connectivity index (χ1v) is 9.85. The second-order valence-corrected chi connectivity index (χ2v) is 8.30. The maximum atomic E-state index is 13.2. The number of rotatable bonds is 4. The van der Waals surface area contributed by atoms with Gasteiger partial charge in [0.2, 0.25) is 0 Å². The first kappa shape index (κ1) is 22.1. The zero-order chi connectivity index (χ0) is 22.8. The molecule has 0 spiro atoms. The van der Waals surface area contributed by atoms with Crippen LogP contribution in [0.4, 0.5) is 4.79 Å². The third-order valence-electron chi connectivity index (χ3n) is 4.39. The van der Waals surface area contributed by atoms with Gasteiger partial charge in [-0.05, 0) is 63.4 Å². The Kier molecular flexibility index (Phi) is 6.15. The van der Waals surface area contributed by atoms with Crippen LogP contribution < -0.4 is 15.7 Å². The van der Waals surface area contributed by atoms with Gasteiger partial charge in [0.15, 0.2) is 6.04 Å². The van der Waals surface area contributed by atoms with Gasteiger partial charge in [-0.15, -0.1) is 0 Å². The molecule has 1 atom stereocenters. The van der Waals surface area contributed by atoms with E-state index in [1.54, 1.807) is 77.1 Å². The van der Waals surface area contributed by atoms with Crippen LogP contribution in [-0.4, -0.2) is 17.7 Å². The monoisotopic (exact) mass is 423 g/mol. The largest absolute Gasteiger partial charge is 0.444 e. The van der Waals surface area contributed by atoms with Gasteiger partial charge in [0, 0.05) is 6.07 Å². The molecule has 1 unspecified atom stereocenters. The summed E-state index contributed by atoms with van der Waals surface area (Å²) < 4.78 is 16.3. The van der Waals surface area contributed by atoms with Crippen LogP contribution in [0.2, 0.25) is 0 Å². The van der Waals surface area contributed by atoms with Crippen molar-refractivity contribution in [2.45, 2.75) is 46.3 Å². The number of fused-ring (bicyclic) bond motifs is 1. The van der Waals surface area contributed by atoms with Crippen LogP contribution in [0.5, 0.6) is 5.75 Å². The normalized spacial score (nSPS) is 12.3. The summed E-state index contributed by atoms with van der Waals surface area (Å²) in [5.41, 5.74) is 1.02. The van der Waals surface area contributed by atoms with E-state index >= 15 is 0 Å². The first-order valence-electron chi connectivity index (χ1n) is 9.85. The molecule has 3 rings (SSSR count). The minimum absolute atomic E-state index is 0.244. The van der Waals surface area contributed by atoms with Gasteiger partial charge in [-0.1, -0.05) is 30.3 Å². The highest BCUT2D eigenvalue weighted by molar-refractivity contribution is 5.91. The van der Waals surface area contributed by atoms with Gasteiger partial charge in [-0.3, -0.25) is 0 Å². The number of ether oxygens (including phenoxy) is 2. The molecule has 0 aliphatic rings. The number of hydrogen-bond acceptors (Lipinski definition) is 6. The van der Waals surface area contributed by atoms with E-state index in [0.717, 1.165) is 5.56 Å². The molecule has 0 radical (unpaired) electrons. The summed E-state index contributed by atoms with van der Waals surface area (Å²) in [5.74, 6) is -0.456. The molecule has 2 aromatic carbocycles. The molecule has 0 bridgehead atoms. The molecule has 1 aromatic heterocycles. The zero-order valence-electron chi connectivity index (χ0n) is 18.1. The van der Waals surface area contributed by atoms with Crippen molar-refractivity contribution in [3.63, 3.8) is 0 Å². The maximum Gasteiger partial charge on any atom is 0.408 e. The number of benzene rings is 2. The maximum absolute atomic E-state index is 13.2. The first-order chi connectivity index (χ1) is 14.5. The van der Waals surface area contributed by atoms with Crippen molar-refractivity contribution >= 4 is 23.0 Å². The Labute approximate surface area is 180 Å². The quantitative estimate of drug-likeness (QED) is 0.375. The number of carbonyl (C=O) groups excluding carboxylic acids is 2. The number of carbonyl (C=O) groups is 2. The van der Waals surface area contributed by atoms with Crippen LogP contribution in [-0.2, 0) is 9.53 Å². The Balaban J connectivity index is 1.98. The predicted octanol–water partition coefficient (Wildman–Crippen LogP) is 4.58. The van der Waals surface area contributed by atoms with Gasteiger partial charge in [0.1, 0.15) is 16.9 Å². The lowest BCUT2D eigenvalue weighted by molar-refractivity contribution is -0.136. The van der Waals surface area contributed by atoms with E-state index in [1.165, 1.54) is 6.07 Å². The number of esters is 1. The topological polar surface area (TPSA) is 94.8 Å². The Morgan fingerprint density at radius 3 is 2.35 bits per heavy atom. The van der Waals surface area contributed by atoms with E-state index in [0.29, 0.717) is 22.1 Å². The summed E-state index contributed by atoms with van der Waals surface area (Å²) in [6.45, 7) is 8.74. The SMILES string of the molecule is Cc1cc(OC(=O)C(NC(=O)OC(C)(C)C)c2ccccc2)c2c(C)cc(=O)oc2c1. The van der Waals surface area contributed by atoms with Crippen molar-refractivity contribution in [1.82, 2.24) is 5.32 Å². The molecule has 0 aliphatic heterocycles. The molecule has 7 nitrogen and oxygen atoms in total. The van der Waals surface area contributed by atoms with Crippen LogP contribution in [0.15, 0.2) is 57.7 Å². The van der Waals surface area contributed by atoms with Gasteiger partial charge in [0.25, 0.3) is 0 Å². The summed E-state index contributed by atoms with van der Waals surface area (Å²) in [5, 5.41) is 3.10. The molecule has 0 fully saturated rings. The number of alkyl carbamates (subject to hydrolysis) is 1. The molecule has 3 aromatic rings. The lowest BCUT2D eigenvalue weighted by Gasteiger charge is -2.23. The summed E-state index contributed by atoms with van der Waals surface area (Å²) in [7, 11) is 0. The average Bonchev–Trinajstić information content (AvgIpc) is 2.64. The second-order valence-electron chi connectivity index (χ2n) is 8.30. The molecule has 1 amide bonds. The lowest BCUT2D eigenvalue weighted by Crippen LogP contribution is -2.39. The Hall–Kier alpha value is -3.61. The Bertz CT molecular complexity index is 1170. The van der Waals surface area contributed by atoms with Gasteiger partial charge in [-0.2, -0.15) is 0 Å². The highest BCUT2D eigenvalue weighted by Crippen LogP contribution is 2.30. The molecule has 31 heavy (non-hydrogen) atoms. The molecular formula is C24H25NO6. The van der Waals surface area contributed by atoms with Crippen molar-refractivity contribution < 1.29 is 23.5 Å². The average molecular weight is 423 g/mol. The second kappa shape index (κ2) is 8.63. The van der Waals surface area contributed by atoms with Crippen LogP contribution >= 0.6 is 0 Å². The summed E-state index contributed by atoms with van der Waals surface area (Å²) in [6.07, 6.45) is -0.741. The van der Waals surface area contributed by atoms with E-state index in [9.17, 15) is 14.4 Å². The van der Waals surface area contributed by atoms with Gasteiger partial charge < -0.3 is 19.2 Å². The zero-order valence-corrected chi connectivity index (χ0v) is 18.1. The van der Waals surface area contributed by atoms with E-state index < -0.39 is 29.3 Å². The highest BCUT2D eigenvalue weighted by Gasteiger charge is 2.28. The van der Waals surface area contributed by atoms with Gasteiger partial charge in [-0.25, -0.2) is 14.4 Å². The highest BCUT2D eigenvalue weighted by atomic mass is 16.6. The Morgan fingerprint density at radius 2 is 1.71 bits per heavy atom. The van der Waals surface area contributed by atoms with E-state index in [4.69, 9.17) is 13.9 Å². The fourth-order valence-corrected chi connectivity index (χ4v) is 3.17. The van der Waals surface area contributed by atoms with Crippen LogP contribution in [0, 0.1) is 13.8 Å². The van der Waals surface area contributed by atoms with Crippen molar-refractivity contribution in [3.05, 3.63) is 75.6 Å². The molecular weight excluding hydrogens is 398 g/mol.